The maximum atomic E-state index is 10.8. The Kier molecular flexibility index (Phi) is 4.87. The Morgan fingerprint density at radius 2 is 1.79 bits per heavy atom. The van der Waals surface area contributed by atoms with Crippen molar-refractivity contribution in [2.75, 3.05) is 19.8 Å². The van der Waals surface area contributed by atoms with Crippen LogP contribution in [0.4, 0.5) is 0 Å². The van der Waals surface area contributed by atoms with Gasteiger partial charge in [0.15, 0.2) is 0 Å². The van der Waals surface area contributed by atoms with Gasteiger partial charge in [0.2, 0.25) is 0 Å². The Bertz CT molecular complexity index is 200. The molecule has 0 amide bonds. The second kappa shape index (κ2) is 4.97. The first kappa shape index (κ1) is 13.7. The van der Waals surface area contributed by atoms with E-state index < -0.39 is 29.3 Å². The molecule has 0 aliphatic heterocycles. The lowest BCUT2D eigenvalue weighted by Crippen LogP contribution is -2.57. The van der Waals surface area contributed by atoms with Crippen LogP contribution in [0.25, 0.3) is 0 Å². The second-order valence-corrected chi connectivity index (χ2v) is 4.32. The maximum absolute atomic E-state index is 10.8. The molecule has 1 unspecified atom stereocenters. The third kappa shape index (κ3) is 2.20. The monoisotopic (exact) mass is 223 g/mol. The first-order valence-electron chi connectivity index (χ1n) is 4.14. The molecular weight excluding hydrogens is 208 g/mol. The highest BCUT2D eigenvalue weighted by atomic mass is 32.1. The van der Waals surface area contributed by atoms with Crippen molar-refractivity contribution in [3.05, 3.63) is 0 Å². The molecule has 0 spiro atoms. The molecule has 3 N–H and O–H groups in total. The number of carbonyl (C=O) groups excluding carboxylic acids is 1. The number of aliphatic hydroxyl groups is 3. The van der Waals surface area contributed by atoms with Crippen LogP contribution in [0.2, 0.25) is 0 Å². The summed E-state index contributed by atoms with van der Waals surface area (Å²) in [6.07, 6.45) is -0.0615. The fourth-order valence-electron chi connectivity index (χ4n) is 1.19. The summed E-state index contributed by atoms with van der Waals surface area (Å²) < 4.78 is -1.70. The Labute approximate surface area is 87.8 Å². The number of aliphatic hydroxyl groups excluding tert-OH is 3. The standard InChI is InChI=1S/C8H16O5S/c1-7(14,6(12)13)8(4-10,5-11)2-3-9/h9-11,14H,2-5H2,1H3,(H,12,13)/p-1. The highest BCUT2D eigenvalue weighted by Gasteiger charge is 2.46. The van der Waals surface area contributed by atoms with Crippen molar-refractivity contribution in [2.24, 2.45) is 5.41 Å². The van der Waals surface area contributed by atoms with Crippen molar-refractivity contribution in [2.45, 2.75) is 18.1 Å². The Morgan fingerprint density at radius 1 is 1.36 bits per heavy atom. The normalized spacial score (nSPS) is 16.4. The average Bonchev–Trinajstić information content (AvgIpc) is 2.13. The summed E-state index contributed by atoms with van der Waals surface area (Å²) in [5, 5.41) is 37.7. The zero-order valence-electron chi connectivity index (χ0n) is 7.93. The summed E-state index contributed by atoms with van der Waals surface area (Å²) in [7, 11) is 0. The molecule has 0 bridgehead atoms. The van der Waals surface area contributed by atoms with Gasteiger partial charge < -0.3 is 25.2 Å². The van der Waals surface area contributed by atoms with Crippen LogP contribution in [0.15, 0.2) is 0 Å². The van der Waals surface area contributed by atoms with Gasteiger partial charge in [-0.25, -0.2) is 0 Å². The van der Waals surface area contributed by atoms with Gasteiger partial charge in [0, 0.05) is 12.0 Å². The minimum atomic E-state index is -1.70. The maximum Gasteiger partial charge on any atom is 0.0596 e. The van der Waals surface area contributed by atoms with Crippen LogP contribution < -0.4 is 5.11 Å². The molecule has 0 aromatic heterocycles. The fraction of sp³-hybridized carbons (Fsp3) is 0.875. The SMILES string of the molecule is CC(S)(C(=O)[O-])C(CO)(CO)CCO. The second-order valence-electron chi connectivity index (χ2n) is 3.43. The largest absolute Gasteiger partial charge is 0.549 e. The molecule has 0 saturated carbocycles. The topological polar surface area (TPSA) is 101 Å². The van der Waals surface area contributed by atoms with Crippen molar-refractivity contribution in [3.8, 4) is 0 Å². The van der Waals surface area contributed by atoms with Crippen molar-refractivity contribution in [1.29, 1.82) is 0 Å². The highest BCUT2D eigenvalue weighted by Crippen LogP contribution is 2.38. The Hall–Kier alpha value is -0.300. The number of aliphatic carboxylic acids is 1. The van der Waals surface area contributed by atoms with Crippen molar-refractivity contribution in [3.63, 3.8) is 0 Å². The number of carboxylic acids is 1. The van der Waals surface area contributed by atoms with Crippen LogP contribution in [0.1, 0.15) is 13.3 Å². The quantitative estimate of drug-likeness (QED) is 0.382. The molecule has 6 heteroatoms. The van der Waals surface area contributed by atoms with Crippen molar-refractivity contribution in [1.82, 2.24) is 0 Å². The van der Waals surface area contributed by atoms with Crippen LogP contribution in [-0.2, 0) is 4.79 Å². The summed E-state index contributed by atoms with van der Waals surface area (Å²) in [5.74, 6) is -1.49. The zero-order chi connectivity index (χ0) is 11.4. The van der Waals surface area contributed by atoms with Gasteiger partial charge in [-0.3, -0.25) is 0 Å². The fourth-order valence-corrected chi connectivity index (χ4v) is 1.44. The van der Waals surface area contributed by atoms with Crippen LogP contribution in [0, 0.1) is 5.41 Å². The molecule has 0 aliphatic carbocycles. The molecule has 1 atom stereocenters. The molecule has 0 heterocycles. The predicted molar refractivity (Wildman–Crippen MR) is 50.7 cm³/mol. The molecule has 14 heavy (non-hydrogen) atoms. The minimum Gasteiger partial charge on any atom is -0.549 e. The number of carboxylic acid groups (broad SMARTS) is 1. The van der Waals surface area contributed by atoms with Gasteiger partial charge in [-0.05, 0) is 13.3 Å². The van der Waals surface area contributed by atoms with E-state index in [2.05, 4.69) is 12.6 Å². The van der Waals surface area contributed by atoms with Gasteiger partial charge in [0.05, 0.1) is 23.9 Å². The van der Waals surface area contributed by atoms with Gasteiger partial charge in [-0.2, -0.15) is 12.6 Å². The van der Waals surface area contributed by atoms with Crippen molar-refractivity contribution < 1.29 is 25.2 Å². The van der Waals surface area contributed by atoms with Crippen LogP contribution in [0.5, 0.6) is 0 Å². The molecular formula is C8H15O5S-. The van der Waals surface area contributed by atoms with E-state index in [1.165, 1.54) is 6.92 Å². The molecule has 0 radical (unpaired) electrons. The third-order valence-corrected chi connectivity index (χ3v) is 3.28. The predicted octanol–water partition coefficient (Wildman–Crippen LogP) is -2.22. The molecule has 0 fully saturated rings. The van der Waals surface area contributed by atoms with E-state index in [4.69, 9.17) is 15.3 Å². The lowest BCUT2D eigenvalue weighted by molar-refractivity contribution is -0.313. The molecule has 0 aliphatic rings. The van der Waals surface area contributed by atoms with Gasteiger partial charge in [-0.15, -0.1) is 0 Å². The van der Waals surface area contributed by atoms with E-state index >= 15 is 0 Å². The van der Waals surface area contributed by atoms with Gasteiger partial charge in [-0.1, -0.05) is 0 Å². The average molecular weight is 223 g/mol. The lowest BCUT2D eigenvalue weighted by atomic mass is 9.74. The van der Waals surface area contributed by atoms with E-state index in [0.717, 1.165) is 0 Å². The van der Waals surface area contributed by atoms with E-state index in [-0.39, 0.29) is 13.0 Å². The van der Waals surface area contributed by atoms with Gasteiger partial charge in [0.25, 0.3) is 0 Å². The smallest absolute Gasteiger partial charge is 0.0596 e. The minimum absolute atomic E-state index is 0.0615. The molecule has 84 valence electrons. The molecule has 0 aromatic rings. The van der Waals surface area contributed by atoms with E-state index in [1.54, 1.807) is 0 Å². The summed E-state index contributed by atoms with van der Waals surface area (Å²) in [4.78, 5) is 10.8. The van der Waals surface area contributed by atoms with E-state index in [9.17, 15) is 9.90 Å². The molecule has 0 saturated heterocycles. The van der Waals surface area contributed by atoms with Crippen molar-refractivity contribution >= 4 is 18.6 Å². The summed E-state index contributed by atoms with van der Waals surface area (Å²) >= 11 is 3.86. The molecule has 5 nitrogen and oxygen atoms in total. The number of hydrogen-bond acceptors (Lipinski definition) is 6. The lowest BCUT2D eigenvalue weighted by Gasteiger charge is -2.44. The summed E-state index contributed by atoms with van der Waals surface area (Å²) in [5.41, 5.74) is -1.39. The van der Waals surface area contributed by atoms with Crippen LogP contribution in [0.3, 0.4) is 0 Å². The van der Waals surface area contributed by atoms with Gasteiger partial charge >= 0.3 is 0 Å². The molecule has 0 rings (SSSR count). The first-order chi connectivity index (χ1) is 6.38. The number of thiol groups is 1. The summed E-state index contributed by atoms with van der Waals surface area (Å²) in [6, 6.07) is 0. The van der Waals surface area contributed by atoms with Crippen LogP contribution in [-0.4, -0.2) is 45.9 Å². The van der Waals surface area contributed by atoms with Gasteiger partial charge in [0.1, 0.15) is 0 Å². The van der Waals surface area contributed by atoms with E-state index in [0.29, 0.717) is 0 Å². The Balaban J connectivity index is 5.05. The number of carbonyl (C=O) groups is 1. The van der Waals surface area contributed by atoms with Crippen LogP contribution >= 0.6 is 12.6 Å². The summed E-state index contributed by atoms with van der Waals surface area (Å²) in [6.45, 7) is -0.284. The first-order valence-corrected chi connectivity index (χ1v) is 4.59. The zero-order valence-corrected chi connectivity index (χ0v) is 8.83. The highest BCUT2D eigenvalue weighted by molar-refractivity contribution is 7.82. The third-order valence-electron chi connectivity index (χ3n) is 2.63. The number of rotatable bonds is 6. The van der Waals surface area contributed by atoms with E-state index in [1.807, 2.05) is 0 Å². The molecule has 0 aromatic carbocycles. The Morgan fingerprint density at radius 3 is 2.00 bits per heavy atom. The number of hydrogen-bond donors (Lipinski definition) is 4.